The van der Waals surface area contributed by atoms with Crippen molar-refractivity contribution in [1.82, 2.24) is 19.4 Å². The van der Waals surface area contributed by atoms with Crippen molar-refractivity contribution in [3.63, 3.8) is 0 Å². The van der Waals surface area contributed by atoms with Crippen LogP contribution in [0.5, 0.6) is 0 Å². The van der Waals surface area contributed by atoms with E-state index >= 15 is 0 Å². The molecule has 0 radical (unpaired) electrons. The largest absolute Gasteiger partial charge is 0.275 e. The molecule has 4 heterocycles. The molecule has 0 saturated carbocycles. The first-order chi connectivity index (χ1) is 17.4. The summed E-state index contributed by atoms with van der Waals surface area (Å²) >= 11 is 0. The van der Waals surface area contributed by atoms with Crippen molar-refractivity contribution < 1.29 is 0 Å². The Morgan fingerprint density at radius 1 is 0.629 bits per heavy atom. The molecule has 7 aromatic rings. The van der Waals surface area contributed by atoms with Crippen molar-refractivity contribution >= 4 is 38.5 Å². The topological polar surface area (TPSA) is 43.1 Å². The van der Waals surface area contributed by atoms with E-state index in [9.17, 15) is 0 Å². The van der Waals surface area contributed by atoms with Crippen LogP contribution in [0.25, 0.3) is 60.7 Å². The molecule has 0 fully saturated rings. The molecule has 0 atom stereocenters. The van der Waals surface area contributed by atoms with E-state index in [1.54, 1.807) is 0 Å². The number of hydrogen-bond acceptors (Lipinski definition) is 3. The molecule has 0 spiro atoms. The Morgan fingerprint density at radius 2 is 1.37 bits per heavy atom. The van der Waals surface area contributed by atoms with Crippen LogP contribution in [-0.2, 0) is 12.8 Å². The number of pyridine rings is 3. The summed E-state index contributed by atoms with van der Waals surface area (Å²) in [5.74, 6) is 0. The van der Waals surface area contributed by atoms with Gasteiger partial charge in [-0.05, 0) is 69.8 Å². The van der Waals surface area contributed by atoms with E-state index in [-0.39, 0.29) is 0 Å². The van der Waals surface area contributed by atoms with Gasteiger partial charge >= 0.3 is 0 Å². The lowest BCUT2D eigenvalue weighted by molar-refractivity contribution is 1.16. The molecule has 0 N–H and O–H groups in total. The molecule has 0 aliphatic heterocycles. The van der Waals surface area contributed by atoms with E-state index < -0.39 is 0 Å². The zero-order chi connectivity index (χ0) is 22.7. The van der Waals surface area contributed by atoms with Crippen molar-refractivity contribution in [2.75, 3.05) is 0 Å². The molecule has 0 amide bonds. The van der Waals surface area contributed by atoms with Crippen LogP contribution in [0.4, 0.5) is 0 Å². The highest BCUT2D eigenvalue weighted by atomic mass is 15.1. The monoisotopic (exact) mass is 446 g/mol. The highest BCUT2D eigenvalue weighted by Gasteiger charge is 2.34. The molecule has 0 bridgehead atoms. The Bertz CT molecular complexity index is 2070. The minimum absolute atomic E-state index is 0.929. The van der Waals surface area contributed by atoms with Crippen molar-refractivity contribution in [1.29, 1.82) is 0 Å². The Kier molecular flexibility index (Phi) is 3.11. The van der Waals surface area contributed by atoms with E-state index in [2.05, 4.69) is 70.0 Å². The van der Waals surface area contributed by atoms with Gasteiger partial charge in [0.15, 0.2) is 0 Å². The predicted molar refractivity (Wildman–Crippen MR) is 140 cm³/mol. The Morgan fingerprint density at radius 3 is 2.20 bits per heavy atom. The van der Waals surface area contributed by atoms with Crippen LogP contribution in [-0.4, -0.2) is 19.4 Å². The Labute approximate surface area is 200 Å². The molecule has 2 aliphatic rings. The Balaban J connectivity index is 1.62. The Hall–Kier alpha value is -4.57. The highest BCUT2D eigenvalue weighted by molar-refractivity contribution is 6.17. The van der Waals surface area contributed by atoms with Gasteiger partial charge in [0.2, 0.25) is 0 Å². The van der Waals surface area contributed by atoms with Crippen molar-refractivity contribution in [2.45, 2.75) is 12.8 Å². The normalized spacial score (nSPS) is 13.5. The summed E-state index contributed by atoms with van der Waals surface area (Å²) in [4.78, 5) is 14.8. The van der Waals surface area contributed by atoms with Gasteiger partial charge in [-0.1, -0.05) is 48.5 Å². The van der Waals surface area contributed by atoms with Crippen LogP contribution in [0.2, 0.25) is 0 Å². The van der Waals surface area contributed by atoms with Gasteiger partial charge in [-0.2, -0.15) is 0 Å². The molecule has 2 aliphatic carbocycles. The zero-order valence-corrected chi connectivity index (χ0v) is 18.8. The van der Waals surface area contributed by atoms with Crippen molar-refractivity contribution in [3.05, 3.63) is 108 Å². The predicted octanol–water partition coefficient (Wildman–Crippen LogP) is 6.73. The first kappa shape index (κ1) is 17.8. The number of fused-ring (bicyclic) bond motifs is 17. The summed E-state index contributed by atoms with van der Waals surface area (Å²) in [6.45, 7) is 0. The average Bonchev–Trinajstić information content (AvgIpc) is 3.60. The summed E-state index contributed by atoms with van der Waals surface area (Å²) in [5, 5.41) is 3.32. The van der Waals surface area contributed by atoms with Gasteiger partial charge in [0.25, 0.3) is 0 Å². The summed E-state index contributed by atoms with van der Waals surface area (Å²) in [6, 6.07) is 23.9. The standard InChI is InChI=1S/C31H18N4/c1-3-8-19-17(6-1)14-23-24-15-18-7-2-4-9-20(18)27(24)29-28(26(19)23)34-31-25-16-32-13-11-21(25)22-10-5-12-33-30(22)35(29)31/h1-13,16H,14-15H2. The molecule has 162 valence electrons. The lowest BCUT2D eigenvalue weighted by atomic mass is 9.94. The zero-order valence-electron chi connectivity index (χ0n) is 18.8. The van der Waals surface area contributed by atoms with Crippen LogP contribution < -0.4 is 0 Å². The van der Waals surface area contributed by atoms with Gasteiger partial charge in [0.05, 0.1) is 11.0 Å². The van der Waals surface area contributed by atoms with Crippen molar-refractivity contribution in [3.8, 4) is 22.3 Å². The SMILES string of the molecule is c1ccc2c(c1)Cc1c3c(c4c(nc5c6cnccc6c6cccnc6n54)c1-2)-c1ccccc1C3. The van der Waals surface area contributed by atoms with Gasteiger partial charge in [0.1, 0.15) is 11.3 Å². The average molecular weight is 447 g/mol. The van der Waals surface area contributed by atoms with Gasteiger partial charge < -0.3 is 0 Å². The molecule has 4 aromatic heterocycles. The smallest absolute Gasteiger partial charge is 0.149 e. The number of benzene rings is 3. The molecule has 0 unspecified atom stereocenters. The number of hydrogen-bond donors (Lipinski definition) is 0. The molecule has 0 saturated heterocycles. The molecule has 35 heavy (non-hydrogen) atoms. The maximum Gasteiger partial charge on any atom is 0.149 e. The van der Waals surface area contributed by atoms with Crippen LogP contribution >= 0.6 is 0 Å². The fourth-order valence-corrected chi connectivity index (χ4v) is 6.58. The minimum atomic E-state index is 0.929. The second-order valence-corrected chi connectivity index (χ2v) is 9.64. The summed E-state index contributed by atoms with van der Waals surface area (Å²) in [5.41, 5.74) is 15.0. The fourth-order valence-electron chi connectivity index (χ4n) is 6.58. The maximum absolute atomic E-state index is 5.40. The summed E-state index contributed by atoms with van der Waals surface area (Å²) in [7, 11) is 0. The quantitative estimate of drug-likeness (QED) is 0.243. The van der Waals surface area contributed by atoms with E-state index in [1.165, 1.54) is 50.0 Å². The number of imidazole rings is 1. The summed E-state index contributed by atoms with van der Waals surface area (Å²) < 4.78 is 2.30. The molecule has 9 rings (SSSR count). The lowest BCUT2D eigenvalue weighted by Crippen LogP contribution is -1.97. The van der Waals surface area contributed by atoms with E-state index in [1.807, 2.05) is 24.7 Å². The summed E-state index contributed by atoms with van der Waals surface area (Å²) in [6.07, 6.45) is 7.62. The minimum Gasteiger partial charge on any atom is -0.275 e. The van der Waals surface area contributed by atoms with Crippen LogP contribution in [0.1, 0.15) is 22.3 Å². The second kappa shape index (κ2) is 6.10. The molecular weight excluding hydrogens is 428 g/mol. The molecule has 4 nitrogen and oxygen atoms in total. The number of rotatable bonds is 0. The van der Waals surface area contributed by atoms with E-state index in [0.29, 0.717) is 0 Å². The van der Waals surface area contributed by atoms with Crippen LogP contribution in [0.15, 0.2) is 85.3 Å². The van der Waals surface area contributed by atoms with Gasteiger partial charge in [-0.3, -0.25) is 9.38 Å². The number of nitrogens with zero attached hydrogens (tertiary/aromatic N) is 4. The fraction of sp³-hybridized carbons (Fsp3) is 0.0645. The maximum atomic E-state index is 5.40. The third-order valence-electron chi connectivity index (χ3n) is 7.98. The second-order valence-electron chi connectivity index (χ2n) is 9.64. The molecular formula is C31H18N4. The van der Waals surface area contributed by atoms with Gasteiger partial charge in [-0.15, -0.1) is 0 Å². The van der Waals surface area contributed by atoms with Crippen molar-refractivity contribution in [2.24, 2.45) is 0 Å². The first-order valence-electron chi connectivity index (χ1n) is 12.1. The third-order valence-corrected chi connectivity index (χ3v) is 7.98. The first-order valence-corrected chi connectivity index (χ1v) is 12.1. The third kappa shape index (κ3) is 2.07. The van der Waals surface area contributed by atoms with Crippen LogP contribution in [0, 0.1) is 0 Å². The molecule has 4 heteroatoms. The van der Waals surface area contributed by atoms with E-state index in [4.69, 9.17) is 9.97 Å². The number of aromatic nitrogens is 4. The van der Waals surface area contributed by atoms with E-state index in [0.717, 1.165) is 45.8 Å². The van der Waals surface area contributed by atoms with Crippen LogP contribution in [0.3, 0.4) is 0 Å². The molecule has 3 aromatic carbocycles. The lowest BCUT2D eigenvalue weighted by Gasteiger charge is -2.13. The van der Waals surface area contributed by atoms with Gasteiger partial charge in [0, 0.05) is 40.5 Å². The van der Waals surface area contributed by atoms with Gasteiger partial charge in [-0.25, -0.2) is 9.97 Å². The highest BCUT2D eigenvalue weighted by Crippen LogP contribution is 2.52.